The molecule has 1 N–H and O–H groups in total. The summed E-state index contributed by atoms with van der Waals surface area (Å²) in [6, 6.07) is 2.67. The van der Waals surface area contributed by atoms with Crippen LogP contribution in [0, 0.1) is 17.8 Å². The van der Waals surface area contributed by atoms with Crippen molar-refractivity contribution in [3.8, 4) is 0 Å². The van der Waals surface area contributed by atoms with E-state index in [0.29, 0.717) is 6.04 Å². The first-order chi connectivity index (χ1) is 7.92. The molecule has 3 aliphatic rings. The van der Waals surface area contributed by atoms with Crippen molar-refractivity contribution in [2.24, 2.45) is 17.8 Å². The predicted octanol–water partition coefficient (Wildman–Crippen LogP) is 2.90. The first kappa shape index (κ1) is 9.29. The van der Waals surface area contributed by atoms with Gasteiger partial charge < -0.3 is 9.73 Å². The summed E-state index contributed by atoms with van der Waals surface area (Å²) in [4.78, 5) is 0. The standard InChI is InChI=1S/C14H19NO/c1-2-11(8-12-7-10(1)12)13-14-9(3-5-15-13)4-6-16-14/h4,6,10-13,15H,1-3,5,7-8H2. The van der Waals surface area contributed by atoms with Crippen molar-refractivity contribution in [2.75, 3.05) is 6.54 Å². The fourth-order valence-electron chi connectivity index (χ4n) is 3.85. The summed E-state index contributed by atoms with van der Waals surface area (Å²) < 4.78 is 5.71. The zero-order chi connectivity index (χ0) is 10.5. The molecule has 4 rings (SSSR count). The van der Waals surface area contributed by atoms with Gasteiger partial charge in [-0.15, -0.1) is 0 Å². The van der Waals surface area contributed by atoms with Crippen LogP contribution in [0.2, 0.25) is 0 Å². The largest absolute Gasteiger partial charge is 0.467 e. The van der Waals surface area contributed by atoms with Gasteiger partial charge in [0.15, 0.2) is 0 Å². The van der Waals surface area contributed by atoms with Crippen LogP contribution in [-0.2, 0) is 6.42 Å². The molecule has 0 spiro atoms. The normalized spacial score (nSPS) is 41.2. The Hall–Kier alpha value is -0.760. The van der Waals surface area contributed by atoms with Gasteiger partial charge in [-0.1, -0.05) is 0 Å². The van der Waals surface area contributed by atoms with Gasteiger partial charge in [0.2, 0.25) is 0 Å². The van der Waals surface area contributed by atoms with Gasteiger partial charge in [0.1, 0.15) is 5.76 Å². The van der Waals surface area contributed by atoms with Gasteiger partial charge in [0, 0.05) is 0 Å². The molecule has 0 bridgehead atoms. The highest BCUT2D eigenvalue weighted by atomic mass is 16.3. The SMILES string of the molecule is c1cc2c(o1)C(C1CCC3CC3C1)NCC2. The smallest absolute Gasteiger partial charge is 0.124 e. The van der Waals surface area contributed by atoms with Crippen LogP contribution < -0.4 is 5.32 Å². The molecule has 1 aliphatic heterocycles. The van der Waals surface area contributed by atoms with Gasteiger partial charge in [-0.3, -0.25) is 0 Å². The highest BCUT2D eigenvalue weighted by molar-refractivity contribution is 5.24. The zero-order valence-corrected chi connectivity index (χ0v) is 9.61. The Bertz CT molecular complexity index is 397. The van der Waals surface area contributed by atoms with Crippen molar-refractivity contribution in [3.05, 3.63) is 23.7 Å². The molecule has 0 amide bonds. The Morgan fingerprint density at radius 2 is 2.00 bits per heavy atom. The molecule has 0 saturated heterocycles. The van der Waals surface area contributed by atoms with Gasteiger partial charge in [-0.25, -0.2) is 0 Å². The van der Waals surface area contributed by atoms with Crippen molar-refractivity contribution in [2.45, 2.75) is 38.1 Å². The molecule has 2 fully saturated rings. The average molecular weight is 217 g/mol. The number of hydrogen-bond acceptors (Lipinski definition) is 2. The monoisotopic (exact) mass is 217 g/mol. The maximum Gasteiger partial charge on any atom is 0.124 e. The quantitative estimate of drug-likeness (QED) is 0.782. The van der Waals surface area contributed by atoms with E-state index in [9.17, 15) is 0 Å². The second kappa shape index (κ2) is 3.36. The second-order valence-electron chi connectivity index (χ2n) is 5.82. The van der Waals surface area contributed by atoms with Crippen LogP contribution in [0.1, 0.15) is 43.0 Å². The number of fused-ring (bicyclic) bond motifs is 2. The molecule has 2 nitrogen and oxygen atoms in total. The van der Waals surface area contributed by atoms with Crippen LogP contribution in [0.3, 0.4) is 0 Å². The van der Waals surface area contributed by atoms with E-state index >= 15 is 0 Å². The van der Waals surface area contributed by atoms with Crippen LogP contribution in [0.4, 0.5) is 0 Å². The van der Waals surface area contributed by atoms with E-state index in [1.807, 2.05) is 6.26 Å². The summed E-state index contributed by atoms with van der Waals surface area (Å²) >= 11 is 0. The predicted molar refractivity (Wildman–Crippen MR) is 62.1 cm³/mol. The van der Waals surface area contributed by atoms with Crippen LogP contribution in [0.25, 0.3) is 0 Å². The molecule has 1 aromatic rings. The first-order valence-corrected chi connectivity index (χ1v) is 6.71. The van der Waals surface area contributed by atoms with Crippen LogP contribution >= 0.6 is 0 Å². The molecule has 1 aromatic heterocycles. The van der Waals surface area contributed by atoms with Crippen LogP contribution in [-0.4, -0.2) is 6.54 Å². The van der Waals surface area contributed by atoms with E-state index in [0.717, 1.165) is 30.7 Å². The Morgan fingerprint density at radius 3 is 2.94 bits per heavy atom. The van der Waals surface area contributed by atoms with Crippen molar-refractivity contribution in [1.29, 1.82) is 0 Å². The lowest BCUT2D eigenvalue weighted by atomic mass is 9.81. The first-order valence-electron chi connectivity index (χ1n) is 6.71. The van der Waals surface area contributed by atoms with E-state index in [-0.39, 0.29) is 0 Å². The van der Waals surface area contributed by atoms with E-state index in [4.69, 9.17) is 4.42 Å². The molecule has 2 aliphatic carbocycles. The summed E-state index contributed by atoms with van der Waals surface area (Å²) in [5, 5.41) is 3.68. The summed E-state index contributed by atoms with van der Waals surface area (Å²) in [7, 11) is 0. The average Bonchev–Trinajstić information content (AvgIpc) is 2.93. The molecular weight excluding hydrogens is 198 g/mol. The molecule has 16 heavy (non-hydrogen) atoms. The molecule has 86 valence electrons. The number of nitrogens with one attached hydrogen (secondary N) is 1. The molecule has 2 heteroatoms. The third-order valence-electron chi connectivity index (χ3n) is 4.88. The van der Waals surface area contributed by atoms with E-state index in [2.05, 4.69) is 11.4 Å². The fourth-order valence-corrected chi connectivity index (χ4v) is 3.85. The van der Waals surface area contributed by atoms with Gasteiger partial charge in [-0.2, -0.15) is 0 Å². The fraction of sp³-hybridized carbons (Fsp3) is 0.714. The third-order valence-corrected chi connectivity index (χ3v) is 4.88. The van der Waals surface area contributed by atoms with E-state index < -0.39 is 0 Å². The highest BCUT2D eigenvalue weighted by Gasteiger charge is 2.45. The van der Waals surface area contributed by atoms with Crippen LogP contribution in [0.5, 0.6) is 0 Å². The topological polar surface area (TPSA) is 25.2 Å². The number of furan rings is 1. The molecule has 4 unspecified atom stereocenters. The lowest BCUT2D eigenvalue weighted by Gasteiger charge is -2.32. The second-order valence-corrected chi connectivity index (χ2v) is 5.82. The lowest BCUT2D eigenvalue weighted by molar-refractivity contribution is 0.228. The Balaban J connectivity index is 1.59. The van der Waals surface area contributed by atoms with E-state index in [1.54, 1.807) is 0 Å². The van der Waals surface area contributed by atoms with Gasteiger partial charge in [0.05, 0.1) is 12.3 Å². The molecule has 0 aromatic carbocycles. The maximum atomic E-state index is 5.71. The highest BCUT2D eigenvalue weighted by Crippen LogP contribution is 2.54. The summed E-state index contributed by atoms with van der Waals surface area (Å²) in [5.74, 6) is 4.22. The molecule has 4 atom stereocenters. The molecule has 2 heterocycles. The minimum absolute atomic E-state index is 0.514. The minimum atomic E-state index is 0.514. The molecule has 0 radical (unpaired) electrons. The van der Waals surface area contributed by atoms with Crippen molar-refractivity contribution in [1.82, 2.24) is 5.32 Å². The van der Waals surface area contributed by atoms with Gasteiger partial charge in [-0.05, 0) is 68.0 Å². The third kappa shape index (κ3) is 1.36. The lowest BCUT2D eigenvalue weighted by Crippen LogP contribution is -2.35. The number of rotatable bonds is 1. The molecular formula is C14H19NO. The Labute approximate surface area is 96.4 Å². The maximum absolute atomic E-state index is 5.71. The van der Waals surface area contributed by atoms with E-state index in [1.165, 1.54) is 37.0 Å². The van der Waals surface area contributed by atoms with Crippen molar-refractivity contribution >= 4 is 0 Å². The number of hydrogen-bond donors (Lipinski definition) is 1. The Kier molecular flexibility index (Phi) is 1.95. The summed E-state index contributed by atoms with van der Waals surface area (Å²) in [6.45, 7) is 1.13. The van der Waals surface area contributed by atoms with Gasteiger partial charge in [0.25, 0.3) is 0 Å². The molecule has 2 saturated carbocycles. The van der Waals surface area contributed by atoms with Crippen molar-refractivity contribution < 1.29 is 4.42 Å². The minimum Gasteiger partial charge on any atom is -0.467 e. The van der Waals surface area contributed by atoms with Gasteiger partial charge >= 0.3 is 0 Å². The Morgan fingerprint density at radius 1 is 1.12 bits per heavy atom. The van der Waals surface area contributed by atoms with Crippen LogP contribution in [0.15, 0.2) is 16.7 Å². The summed E-state index contributed by atoms with van der Waals surface area (Å²) in [6.07, 6.45) is 8.81. The zero-order valence-electron chi connectivity index (χ0n) is 9.61. The summed E-state index contributed by atoms with van der Waals surface area (Å²) in [5.41, 5.74) is 1.45. The van der Waals surface area contributed by atoms with Crippen molar-refractivity contribution in [3.63, 3.8) is 0 Å².